The van der Waals surface area contributed by atoms with Gasteiger partial charge in [-0.05, 0) is 17.5 Å². The van der Waals surface area contributed by atoms with E-state index in [1.54, 1.807) is 17.0 Å². The summed E-state index contributed by atoms with van der Waals surface area (Å²) in [4.78, 5) is 4.15. The van der Waals surface area contributed by atoms with Gasteiger partial charge >= 0.3 is 0 Å². The molecule has 1 aromatic carbocycles. The summed E-state index contributed by atoms with van der Waals surface area (Å²) < 4.78 is 3.80. The van der Waals surface area contributed by atoms with Gasteiger partial charge in [0.1, 0.15) is 6.33 Å². The van der Waals surface area contributed by atoms with E-state index in [9.17, 15) is 0 Å². The summed E-state index contributed by atoms with van der Waals surface area (Å²) in [5, 5.41) is 16.5. The van der Waals surface area contributed by atoms with Crippen LogP contribution in [0.5, 0.6) is 0 Å². The molecule has 26 heavy (non-hydrogen) atoms. The van der Waals surface area contributed by atoms with Gasteiger partial charge in [0.15, 0.2) is 0 Å². The average molecular weight is 347 g/mol. The first-order chi connectivity index (χ1) is 12.7. The number of aromatic nitrogens is 6. The Bertz CT molecular complexity index is 974. The predicted octanol–water partition coefficient (Wildman–Crippen LogP) is 3.30. The molecule has 3 heterocycles. The van der Waals surface area contributed by atoms with Gasteiger partial charge in [-0.25, -0.2) is 4.98 Å². The van der Waals surface area contributed by atoms with Crippen molar-refractivity contribution < 1.29 is 0 Å². The first-order valence-electron chi connectivity index (χ1n) is 8.69. The Labute approximate surface area is 151 Å². The van der Waals surface area contributed by atoms with Crippen LogP contribution in [0, 0.1) is 0 Å². The molecule has 0 saturated carbocycles. The van der Waals surface area contributed by atoms with Gasteiger partial charge in [0.05, 0.1) is 23.8 Å². The van der Waals surface area contributed by atoms with E-state index in [0.717, 1.165) is 23.6 Å². The molecule has 1 unspecified atom stereocenters. The molecule has 0 saturated heterocycles. The van der Waals surface area contributed by atoms with Crippen molar-refractivity contribution in [3.05, 3.63) is 72.7 Å². The number of nitrogens with zero attached hydrogens (tertiary/aromatic N) is 6. The molecule has 0 amide bonds. The molecule has 7 heteroatoms. The molecule has 0 aliphatic carbocycles. The van der Waals surface area contributed by atoms with Crippen molar-refractivity contribution in [2.75, 3.05) is 5.32 Å². The normalized spacial score (nSPS) is 12.6. The van der Waals surface area contributed by atoms with Gasteiger partial charge < -0.3 is 9.88 Å². The molecule has 0 aliphatic heterocycles. The van der Waals surface area contributed by atoms with Gasteiger partial charge in [0.2, 0.25) is 5.65 Å². The largest absolute Gasteiger partial charge is 0.373 e. The number of nitrogens with one attached hydrogen (secondary N) is 1. The number of hydrogen-bond acceptors (Lipinski definition) is 5. The molecular weight excluding hydrogens is 326 g/mol. The molecule has 0 bridgehead atoms. The molecule has 0 aliphatic rings. The highest BCUT2D eigenvalue weighted by molar-refractivity contribution is 5.67. The van der Waals surface area contributed by atoms with Crippen molar-refractivity contribution in [3.8, 4) is 0 Å². The van der Waals surface area contributed by atoms with Crippen LogP contribution in [0.2, 0.25) is 0 Å². The first kappa shape index (κ1) is 16.3. The molecule has 3 aromatic heterocycles. The Balaban J connectivity index is 1.73. The molecule has 4 aromatic rings. The van der Waals surface area contributed by atoms with Gasteiger partial charge in [-0.2, -0.15) is 9.61 Å². The molecule has 1 atom stereocenters. The van der Waals surface area contributed by atoms with Crippen LogP contribution in [0.25, 0.3) is 5.65 Å². The van der Waals surface area contributed by atoms with E-state index in [1.165, 1.54) is 5.56 Å². The zero-order valence-corrected chi connectivity index (χ0v) is 14.8. The van der Waals surface area contributed by atoms with Crippen LogP contribution in [0.3, 0.4) is 0 Å². The summed E-state index contributed by atoms with van der Waals surface area (Å²) in [6.07, 6.45) is 7.23. The zero-order chi connectivity index (χ0) is 17.9. The molecule has 0 fully saturated rings. The van der Waals surface area contributed by atoms with E-state index in [2.05, 4.69) is 74.3 Å². The lowest BCUT2D eigenvalue weighted by molar-refractivity contribution is 0.607. The summed E-state index contributed by atoms with van der Waals surface area (Å²) >= 11 is 0. The summed E-state index contributed by atoms with van der Waals surface area (Å²) in [7, 11) is 0. The fourth-order valence-corrected chi connectivity index (χ4v) is 2.95. The highest BCUT2D eigenvalue weighted by atomic mass is 15.3. The Hall–Kier alpha value is -3.22. The molecule has 0 radical (unpaired) electrons. The zero-order valence-electron chi connectivity index (χ0n) is 14.8. The van der Waals surface area contributed by atoms with Crippen molar-refractivity contribution in [3.63, 3.8) is 0 Å². The topological polar surface area (TPSA) is 72.9 Å². The second-order valence-electron chi connectivity index (χ2n) is 6.60. The molecule has 132 valence electrons. The summed E-state index contributed by atoms with van der Waals surface area (Å²) in [5.41, 5.74) is 3.84. The lowest BCUT2D eigenvalue weighted by Gasteiger charge is -2.22. The molecule has 4 rings (SSSR count). The van der Waals surface area contributed by atoms with Crippen molar-refractivity contribution in [2.45, 2.75) is 32.4 Å². The number of fused-ring (bicyclic) bond motifs is 1. The Kier molecular flexibility index (Phi) is 4.35. The van der Waals surface area contributed by atoms with Gasteiger partial charge in [-0.1, -0.05) is 44.2 Å². The van der Waals surface area contributed by atoms with E-state index in [1.807, 2.05) is 18.6 Å². The van der Waals surface area contributed by atoms with Crippen LogP contribution in [0.4, 0.5) is 5.69 Å². The smallest absolute Gasteiger partial charge is 0.200 e. The number of imidazole rings is 1. The summed E-state index contributed by atoms with van der Waals surface area (Å²) in [6, 6.07) is 12.5. The van der Waals surface area contributed by atoms with Crippen LogP contribution in [-0.2, 0) is 6.54 Å². The number of anilines is 1. The lowest BCUT2D eigenvalue weighted by atomic mass is 10.1. The highest BCUT2D eigenvalue weighted by Gasteiger charge is 2.17. The van der Waals surface area contributed by atoms with Crippen LogP contribution >= 0.6 is 0 Å². The Morgan fingerprint density at radius 1 is 1.12 bits per heavy atom. The van der Waals surface area contributed by atoms with Gasteiger partial charge in [0.25, 0.3) is 0 Å². The number of hydrogen-bond donors (Lipinski definition) is 1. The molecule has 7 nitrogen and oxygen atoms in total. The molecular formula is C19H21N7. The van der Waals surface area contributed by atoms with Crippen molar-refractivity contribution in [1.29, 1.82) is 0 Å². The first-order valence-corrected chi connectivity index (χ1v) is 8.69. The van der Waals surface area contributed by atoms with Crippen molar-refractivity contribution in [2.24, 2.45) is 0 Å². The maximum absolute atomic E-state index is 4.59. The monoisotopic (exact) mass is 347 g/mol. The third-order valence-corrected chi connectivity index (χ3v) is 4.36. The van der Waals surface area contributed by atoms with Crippen LogP contribution < -0.4 is 5.32 Å². The number of rotatable bonds is 6. The maximum atomic E-state index is 4.59. The van der Waals surface area contributed by atoms with Gasteiger partial charge in [0, 0.05) is 18.9 Å². The maximum Gasteiger partial charge on any atom is 0.200 e. The fraction of sp³-hybridized carbons (Fsp3) is 0.263. The minimum atomic E-state index is 0.0633. The summed E-state index contributed by atoms with van der Waals surface area (Å²) in [5.74, 6) is 0.311. The van der Waals surface area contributed by atoms with Crippen LogP contribution in [0.1, 0.15) is 37.1 Å². The Morgan fingerprint density at radius 2 is 1.96 bits per heavy atom. The average Bonchev–Trinajstić information content (AvgIpc) is 3.33. The minimum absolute atomic E-state index is 0.0633. The molecule has 1 N–H and O–H groups in total. The third kappa shape index (κ3) is 3.28. The predicted molar refractivity (Wildman–Crippen MR) is 99.9 cm³/mol. The van der Waals surface area contributed by atoms with E-state index in [-0.39, 0.29) is 6.04 Å². The second kappa shape index (κ2) is 6.95. The van der Waals surface area contributed by atoms with Gasteiger partial charge in [-0.3, -0.25) is 0 Å². The third-order valence-electron chi connectivity index (χ3n) is 4.36. The van der Waals surface area contributed by atoms with Crippen molar-refractivity contribution in [1.82, 2.24) is 29.4 Å². The number of benzene rings is 1. The van der Waals surface area contributed by atoms with E-state index in [0.29, 0.717) is 5.92 Å². The van der Waals surface area contributed by atoms with Crippen LogP contribution in [-0.4, -0.2) is 29.4 Å². The standard InChI is InChI=1S/C19H21N7/c1-14(2)16-10-17(19-23-21-13-26(19)24-16)22-18(11-25-9-8-20-12-25)15-6-4-3-5-7-15/h3-10,12-14,18,22H,11H2,1-2H3. The van der Waals surface area contributed by atoms with Gasteiger partial charge in [-0.15, -0.1) is 10.2 Å². The van der Waals surface area contributed by atoms with E-state index >= 15 is 0 Å². The molecule has 0 spiro atoms. The minimum Gasteiger partial charge on any atom is -0.373 e. The summed E-state index contributed by atoms with van der Waals surface area (Å²) in [6.45, 7) is 5.01. The quantitative estimate of drug-likeness (QED) is 0.579. The SMILES string of the molecule is CC(C)c1cc(NC(Cn2ccnc2)c2ccccc2)c2nncn2n1. The fourth-order valence-electron chi connectivity index (χ4n) is 2.95. The second-order valence-corrected chi connectivity index (χ2v) is 6.60. The van der Waals surface area contributed by atoms with E-state index in [4.69, 9.17) is 0 Å². The Morgan fingerprint density at radius 3 is 2.69 bits per heavy atom. The van der Waals surface area contributed by atoms with E-state index < -0.39 is 0 Å². The van der Waals surface area contributed by atoms with Crippen LogP contribution in [0.15, 0.2) is 61.4 Å². The highest BCUT2D eigenvalue weighted by Crippen LogP contribution is 2.26. The lowest BCUT2D eigenvalue weighted by Crippen LogP contribution is -2.18. The van der Waals surface area contributed by atoms with Crippen molar-refractivity contribution >= 4 is 11.3 Å².